The van der Waals surface area contributed by atoms with Crippen LogP contribution in [0.1, 0.15) is 86.8 Å². The Morgan fingerprint density at radius 2 is 1.51 bits per heavy atom. The van der Waals surface area contributed by atoms with Crippen LogP contribution in [0.3, 0.4) is 0 Å². The number of hydrogen-bond acceptors (Lipinski definition) is 11. The number of nitrogens with two attached hydrogens (primary N) is 1. The molecule has 2 aliphatic rings. The molecule has 59 heavy (non-hydrogen) atoms. The second-order valence-electron chi connectivity index (χ2n) is 16.3. The average molecular weight is 836 g/mol. The first-order valence-electron chi connectivity index (χ1n) is 19.2. The van der Waals surface area contributed by atoms with Crippen molar-refractivity contribution in [2.24, 2.45) is 10.7 Å². The molecule has 1 aliphatic heterocycles. The number of aliphatic imine (C=N–C) groups is 1. The molecule has 2 atom stereocenters. The predicted molar refractivity (Wildman–Crippen MR) is 219 cm³/mol. The molecule has 0 spiro atoms. The van der Waals surface area contributed by atoms with Crippen LogP contribution in [-0.2, 0) is 40.2 Å². The van der Waals surface area contributed by atoms with Crippen LogP contribution in [0.2, 0.25) is 0 Å². The van der Waals surface area contributed by atoms with Crippen molar-refractivity contribution < 1.29 is 51.6 Å². The van der Waals surface area contributed by atoms with Crippen LogP contribution < -0.4 is 25.8 Å². The molecule has 0 saturated heterocycles. The largest absolute Gasteiger partial charge is 0.487 e. The van der Waals surface area contributed by atoms with E-state index in [0.29, 0.717) is 28.9 Å². The van der Waals surface area contributed by atoms with Gasteiger partial charge in [0.1, 0.15) is 36.2 Å². The van der Waals surface area contributed by atoms with Crippen molar-refractivity contribution in [2.45, 2.75) is 109 Å². The summed E-state index contributed by atoms with van der Waals surface area (Å²) in [5.41, 5.74) is 11.3. The molecule has 1 heterocycles. The maximum atomic E-state index is 13.6. The van der Waals surface area contributed by atoms with Gasteiger partial charge in [-0.1, -0.05) is 48.5 Å². The number of nitrogens with one attached hydrogen (secondary N) is 3. The number of esters is 1. The number of fused-ring (bicyclic) bond motifs is 4. The Morgan fingerprint density at radius 3 is 2.10 bits per heavy atom. The van der Waals surface area contributed by atoms with Gasteiger partial charge in [-0.3, -0.25) is 4.99 Å². The summed E-state index contributed by atoms with van der Waals surface area (Å²) in [7, 11) is -4.17. The van der Waals surface area contributed by atoms with Gasteiger partial charge in [-0.2, -0.15) is 0 Å². The lowest BCUT2D eigenvalue weighted by Crippen LogP contribution is -2.48. The number of rotatable bonds is 14. The van der Waals surface area contributed by atoms with Crippen LogP contribution in [0, 0.1) is 20.8 Å². The molecular formula is C42H53N5O11S. The Morgan fingerprint density at radius 1 is 0.915 bits per heavy atom. The van der Waals surface area contributed by atoms with E-state index in [1.54, 1.807) is 34.6 Å². The minimum absolute atomic E-state index is 0.0447. The molecule has 2 unspecified atom stereocenters. The number of carbonyl (C=O) groups is 4. The van der Waals surface area contributed by atoms with Crippen LogP contribution in [0.25, 0.3) is 11.1 Å². The first-order valence-corrected chi connectivity index (χ1v) is 20.7. The molecule has 3 aromatic rings. The summed E-state index contributed by atoms with van der Waals surface area (Å²) in [6.07, 6.45) is -1.44. The van der Waals surface area contributed by atoms with E-state index in [9.17, 15) is 32.7 Å². The maximum absolute atomic E-state index is 13.6. The molecule has 0 fully saturated rings. The minimum atomic E-state index is -4.17. The van der Waals surface area contributed by atoms with Crippen molar-refractivity contribution in [1.82, 2.24) is 15.4 Å². The topological polar surface area (TPSA) is 234 Å². The van der Waals surface area contributed by atoms with E-state index in [0.717, 1.165) is 27.8 Å². The fourth-order valence-corrected chi connectivity index (χ4v) is 8.81. The average Bonchev–Trinajstić information content (AvgIpc) is 3.65. The molecule has 3 aromatic carbocycles. The Hall–Kier alpha value is -5.84. The van der Waals surface area contributed by atoms with Gasteiger partial charge in [0, 0.05) is 24.4 Å². The number of carboxylic acid groups (broad SMARTS) is 1. The molecule has 5 rings (SSSR count). The molecule has 0 saturated carbocycles. The highest BCUT2D eigenvalue weighted by Crippen LogP contribution is 2.45. The van der Waals surface area contributed by atoms with Crippen LogP contribution in [-0.4, -0.2) is 86.7 Å². The van der Waals surface area contributed by atoms with Gasteiger partial charge in [-0.05, 0) is 107 Å². The highest BCUT2D eigenvalue weighted by Gasteiger charge is 2.37. The number of alkyl carbamates (subject to hydrolysis) is 2. The number of carboxylic acids is 1. The van der Waals surface area contributed by atoms with Gasteiger partial charge in [0.05, 0.1) is 4.90 Å². The standard InChI is InChI=1S/C42H53N5O11S/c1-23-24(2)35(25(3)30-20-42(7,8)57-34(23)30)59(53,54)47-38(43)44-19-13-18-32(37(50)55-22-33(36(48)49)46-40(52)58-41(4,5)6)45-39(51)56-21-31-28-16-11-9-14-26(28)27-15-10-12-17-29(27)31/h9-12,14-17,31-33H,13,18-22H2,1-8H3,(H,45,51)(H,46,52)(H,48,49)(H3,43,44,47). The maximum Gasteiger partial charge on any atom is 0.408 e. The number of sulfonamides is 1. The first-order chi connectivity index (χ1) is 27.6. The van der Waals surface area contributed by atoms with Crippen LogP contribution >= 0.6 is 0 Å². The smallest absolute Gasteiger partial charge is 0.408 e. The van der Waals surface area contributed by atoms with E-state index >= 15 is 0 Å². The predicted octanol–water partition coefficient (Wildman–Crippen LogP) is 5.13. The van der Waals surface area contributed by atoms with Crippen LogP contribution in [0.5, 0.6) is 5.75 Å². The summed E-state index contributed by atoms with van der Waals surface area (Å²) in [6, 6.07) is 12.5. The number of amides is 2. The van der Waals surface area contributed by atoms with Crippen molar-refractivity contribution in [3.05, 3.63) is 81.9 Å². The van der Waals surface area contributed by atoms with Gasteiger partial charge in [-0.15, -0.1) is 0 Å². The van der Waals surface area contributed by atoms with Crippen molar-refractivity contribution in [3.8, 4) is 16.9 Å². The van der Waals surface area contributed by atoms with Gasteiger partial charge in [0.2, 0.25) is 5.96 Å². The zero-order valence-electron chi connectivity index (χ0n) is 34.6. The molecule has 1 aliphatic carbocycles. The van der Waals surface area contributed by atoms with Gasteiger partial charge >= 0.3 is 24.1 Å². The van der Waals surface area contributed by atoms with E-state index < -0.39 is 64.0 Å². The number of nitrogens with zero attached hydrogens (tertiary/aromatic N) is 1. The van der Waals surface area contributed by atoms with Crippen molar-refractivity contribution >= 4 is 40.1 Å². The van der Waals surface area contributed by atoms with E-state index in [1.165, 1.54) is 0 Å². The SMILES string of the molecule is Cc1c(C)c(S(=O)(=O)NC(N)=NCCCC(NC(=O)OCC2c3ccccc3-c3ccccc32)C(=O)OCC(NC(=O)OC(C)(C)C)C(=O)O)c(C)c2c1OC(C)(C)C2. The number of carbonyl (C=O) groups excluding carboxylic acids is 3. The molecule has 318 valence electrons. The fourth-order valence-electron chi connectivity index (χ4n) is 7.29. The van der Waals surface area contributed by atoms with E-state index in [-0.39, 0.29) is 42.8 Å². The lowest BCUT2D eigenvalue weighted by Gasteiger charge is -2.23. The van der Waals surface area contributed by atoms with Gasteiger partial charge in [0.25, 0.3) is 10.0 Å². The minimum Gasteiger partial charge on any atom is -0.487 e. The quantitative estimate of drug-likeness (QED) is 0.0468. The second kappa shape index (κ2) is 17.6. The van der Waals surface area contributed by atoms with Crippen molar-refractivity contribution in [3.63, 3.8) is 0 Å². The number of ether oxygens (including phenoxy) is 4. The van der Waals surface area contributed by atoms with Gasteiger partial charge in [0.15, 0.2) is 6.04 Å². The number of guanidine groups is 1. The number of hydrogen-bond donors (Lipinski definition) is 5. The Kier molecular flexibility index (Phi) is 13.2. The summed E-state index contributed by atoms with van der Waals surface area (Å²) >= 11 is 0. The highest BCUT2D eigenvalue weighted by atomic mass is 32.2. The van der Waals surface area contributed by atoms with Gasteiger partial charge < -0.3 is 40.4 Å². The van der Waals surface area contributed by atoms with E-state index in [4.69, 9.17) is 24.7 Å². The number of benzene rings is 3. The zero-order chi connectivity index (χ0) is 43.4. The molecule has 0 radical (unpaired) electrons. The molecule has 6 N–H and O–H groups in total. The van der Waals surface area contributed by atoms with Crippen molar-refractivity contribution in [2.75, 3.05) is 19.8 Å². The normalized spacial score (nSPS) is 15.4. The summed E-state index contributed by atoms with van der Waals surface area (Å²) in [6.45, 7) is 13.0. The molecular weight excluding hydrogens is 783 g/mol. The molecule has 2 amide bonds. The molecule has 0 aromatic heterocycles. The third-order valence-corrected chi connectivity index (χ3v) is 11.7. The summed E-state index contributed by atoms with van der Waals surface area (Å²) in [5, 5.41) is 14.3. The lowest BCUT2D eigenvalue weighted by molar-refractivity contribution is -0.150. The van der Waals surface area contributed by atoms with Crippen LogP contribution in [0.4, 0.5) is 9.59 Å². The van der Waals surface area contributed by atoms with Gasteiger partial charge in [-0.25, -0.2) is 32.3 Å². The second-order valence-corrected chi connectivity index (χ2v) is 17.9. The fraction of sp³-hybridized carbons (Fsp3) is 0.452. The summed E-state index contributed by atoms with van der Waals surface area (Å²) in [5.74, 6) is -2.47. The third-order valence-electron chi connectivity index (χ3n) is 10.0. The third kappa shape index (κ3) is 10.6. The highest BCUT2D eigenvalue weighted by molar-refractivity contribution is 7.90. The first kappa shape index (κ1) is 44.3. The Labute approximate surface area is 344 Å². The zero-order valence-corrected chi connectivity index (χ0v) is 35.4. The summed E-state index contributed by atoms with van der Waals surface area (Å²) < 4.78 is 51.8. The molecule has 17 heteroatoms. The van der Waals surface area contributed by atoms with E-state index in [2.05, 4.69) is 20.3 Å². The van der Waals surface area contributed by atoms with E-state index in [1.807, 2.05) is 69.3 Å². The molecule has 16 nitrogen and oxygen atoms in total. The van der Waals surface area contributed by atoms with Crippen LogP contribution in [0.15, 0.2) is 58.4 Å². The summed E-state index contributed by atoms with van der Waals surface area (Å²) in [4.78, 5) is 55.1. The number of aliphatic carboxylic acids is 1. The lowest BCUT2D eigenvalue weighted by atomic mass is 9.94. The Balaban J connectivity index is 1.26. The van der Waals surface area contributed by atoms with Crippen molar-refractivity contribution in [1.29, 1.82) is 0 Å². The molecule has 0 bridgehead atoms. The Bertz CT molecular complexity index is 2220. The monoisotopic (exact) mass is 835 g/mol.